The van der Waals surface area contributed by atoms with Crippen LogP contribution < -0.4 is 0 Å². The van der Waals surface area contributed by atoms with Gasteiger partial charge in [-0.1, -0.05) is 15.9 Å². The highest BCUT2D eigenvalue weighted by Gasteiger charge is 2.19. The Bertz CT molecular complexity index is 160. The minimum Gasteiger partial charge on any atom is -0.469 e. The number of carbonyl (C=O) groups is 2. The lowest BCUT2D eigenvalue weighted by Gasteiger charge is -2.07. The quantitative estimate of drug-likeness (QED) is 0.425. The van der Waals surface area contributed by atoms with E-state index in [1.54, 1.807) is 0 Å². The number of rotatable bonds is 4. The van der Waals surface area contributed by atoms with Crippen LogP contribution in [0.2, 0.25) is 0 Å². The van der Waals surface area contributed by atoms with Crippen LogP contribution in [-0.4, -0.2) is 23.7 Å². The molecular weight excluding hydrogens is 235 g/mol. The summed E-state index contributed by atoms with van der Waals surface area (Å²) < 4.78 is 4.42. The van der Waals surface area contributed by atoms with Crippen molar-refractivity contribution in [3.05, 3.63) is 0 Å². The summed E-state index contributed by atoms with van der Waals surface area (Å²) in [7, 11) is 1.27. The van der Waals surface area contributed by atoms with Gasteiger partial charge in [-0.05, 0) is 11.6 Å². The molecule has 3 nitrogen and oxygen atoms in total. The molecular formula is C6H8BrClO3. The summed E-state index contributed by atoms with van der Waals surface area (Å²) in [6.45, 7) is 0. The van der Waals surface area contributed by atoms with E-state index in [0.717, 1.165) is 0 Å². The number of carbonyl (C=O) groups excluding carboxylic acids is 2. The molecule has 11 heavy (non-hydrogen) atoms. The van der Waals surface area contributed by atoms with Gasteiger partial charge in [0.15, 0.2) is 0 Å². The second-order valence-corrected chi connectivity index (χ2v) is 3.00. The summed E-state index contributed by atoms with van der Waals surface area (Å²) in [4.78, 5) is 21.2. The second-order valence-electron chi connectivity index (χ2n) is 1.93. The van der Waals surface area contributed by atoms with Crippen LogP contribution in [0, 0.1) is 5.92 Å². The highest BCUT2D eigenvalue weighted by molar-refractivity contribution is 9.09. The SMILES string of the molecule is COC(=O)C(CBr)CC(=O)Cl. The van der Waals surface area contributed by atoms with E-state index in [9.17, 15) is 9.59 Å². The Morgan fingerprint density at radius 3 is 2.45 bits per heavy atom. The topological polar surface area (TPSA) is 43.4 Å². The van der Waals surface area contributed by atoms with Crippen molar-refractivity contribution in [2.24, 2.45) is 5.92 Å². The Morgan fingerprint density at radius 1 is 1.64 bits per heavy atom. The van der Waals surface area contributed by atoms with Crippen molar-refractivity contribution < 1.29 is 14.3 Å². The molecule has 0 aromatic heterocycles. The van der Waals surface area contributed by atoms with Gasteiger partial charge in [0.25, 0.3) is 0 Å². The van der Waals surface area contributed by atoms with Crippen molar-refractivity contribution >= 4 is 38.7 Å². The molecule has 1 unspecified atom stereocenters. The van der Waals surface area contributed by atoms with E-state index in [2.05, 4.69) is 20.7 Å². The van der Waals surface area contributed by atoms with Crippen molar-refractivity contribution in [1.82, 2.24) is 0 Å². The largest absolute Gasteiger partial charge is 0.469 e. The molecule has 0 heterocycles. The van der Waals surface area contributed by atoms with Crippen molar-refractivity contribution in [3.63, 3.8) is 0 Å². The number of halogens is 2. The fourth-order valence-electron chi connectivity index (χ4n) is 0.561. The molecule has 0 fully saturated rings. The number of esters is 1. The average Bonchev–Trinajstić information content (AvgIpc) is 1.98. The van der Waals surface area contributed by atoms with Gasteiger partial charge in [-0.25, -0.2) is 0 Å². The van der Waals surface area contributed by atoms with Crippen LogP contribution in [0.1, 0.15) is 6.42 Å². The fraction of sp³-hybridized carbons (Fsp3) is 0.667. The number of alkyl halides is 1. The average molecular weight is 243 g/mol. The van der Waals surface area contributed by atoms with Gasteiger partial charge in [-0.15, -0.1) is 0 Å². The molecule has 0 aromatic rings. The molecule has 0 saturated carbocycles. The van der Waals surface area contributed by atoms with Crippen LogP contribution in [-0.2, 0) is 14.3 Å². The molecule has 5 heteroatoms. The first-order chi connectivity index (χ1) is 5.11. The van der Waals surface area contributed by atoms with Gasteiger partial charge in [0.1, 0.15) is 0 Å². The predicted octanol–water partition coefficient (Wildman–Crippen LogP) is 1.33. The molecule has 0 aromatic carbocycles. The zero-order valence-corrected chi connectivity index (χ0v) is 8.31. The first-order valence-electron chi connectivity index (χ1n) is 2.94. The summed E-state index contributed by atoms with van der Waals surface area (Å²) in [5.74, 6) is -0.888. The lowest BCUT2D eigenvalue weighted by Crippen LogP contribution is -2.19. The zero-order chi connectivity index (χ0) is 8.85. The normalized spacial score (nSPS) is 12.3. The monoisotopic (exact) mass is 242 g/mol. The first-order valence-corrected chi connectivity index (χ1v) is 4.44. The molecule has 0 aliphatic carbocycles. The van der Waals surface area contributed by atoms with E-state index in [-0.39, 0.29) is 6.42 Å². The van der Waals surface area contributed by atoms with Gasteiger partial charge in [0.05, 0.1) is 13.0 Å². The molecule has 0 N–H and O–H groups in total. The number of methoxy groups -OCH3 is 1. The maximum atomic E-state index is 10.8. The third kappa shape index (κ3) is 4.37. The molecule has 0 bridgehead atoms. The molecule has 0 radical (unpaired) electrons. The van der Waals surface area contributed by atoms with E-state index >= 15 is 0 Å². The van der Waals surface area contributed by atoms with Crippen molar-refractivity contribution in [3.8, 4) is 0 Å². The van der Waals surface area contributed by atoms with Crippen LogP contribution in [0.3, 0.4) is 0 Å². The van der Waals surface area contributed by atoms with Gasteiger partial charge >= 0.3 is 5.97 Å². The minimum absolute atomic E-state index is 0.0134. The third-order valence-electron chi connectivity index (χ3n) is 1.13. The molecule has 1 atom stereocenters. The molecule has 64 valence electrons. The highest BCUT2D eigenvalue weighted by atomic mass is 79.9. The predicted molar refractivity (Wildman–Crippen MR) is 44.8 cm³/mol. The van der Waals surface area contributed by atoms with Crippen molar-refractivity contribution in [1.29, 1.82) is 0 Å². The van der Waals surface area contributed by atoms with Gasteiger partial charge in [0.2, 0.25) is 5.24 Å². The van der Waals surface area contributed by atoms with E-state index in [1.165, 1.54) is 7.11 Å². The number of hydrogen-bond acceptors (Lipinski definition) is 3. The Kier molecular flexibility index (Phi) is 5.50. The molecule has 0 spiro atoms. The smallest absolute Gasteiger partial charge is 0.310 e. The molecule has 0 saturated heterocycles. The molecule has 0 amide bonds. The van der Waals surface area contributed by atoms with E-state index in [4.69, 9.17) is 11.6 Å². The molecule has 0 aliphatic rings. The van der Waals surface area contributed by atoms with Gasteiger partial charge in [-0.2, -0.15) is 0 Å². The Labute approximate surface area is 78.2 Å². The molecule has 0 rings (SSSR count). The van der Waals surface area contributed by atoms with Crippen LogP contribution >= 0.6 is 27.5 Å². The van der Waals surface area contributed by atoms with E-state index in [1.807, 2.05) is 0 Å². The van der Waals surface area contributed by atoms with Crippen LogP contribution in [0.4, 0.5) is 0 Å². The van der Waals surface area contributed by atoms with Gasteiger partial charge in [-0.3, -0.25) is 9.59 Å². The summed E-state index contributed by atoms with van der Waals surface area (Å²) in [6, 6.07) is 0. The van der Waals surface area contributed by atoms with Crippen LogP contribution in [0.5, 0.6) is 0 Å². The summed E-state index contributed by atoms with van der Waals surface area (Å²) >= 11 is 8.16. The third-order valence-corrected chi connectivity index (χ3v) is 2.06. The van der Waals surface area contributed by atoms with Crippen LogP contribution in [0.25, 0.3) is 0 Å². The minimum atomic E-state index is -0.528. The fourth-order valence-corrected chi connectivity index (χ4v) is 1.24. The summed E-state index contributed by atoms with van der Waals surface area (Å²) in [5.41, 5.74) is 0. The Balaban J connectivity index is 3.94. The Morgan fingerprint density at radius 2 is 2.18 bits per heavy atom. The van der Waals surface area contributed by atoms with E-state index < -0.39 is 17.1 Å². The maximum Gasteiger partial charge on any atom is 0.310 e. The second kappa shape index (κ2) is 5.55. The first kappa shape index (κ1) is 10.9. The van der Waals surface area contributed by atoms with Crippen molar-refractivity contribution in [2.75, 3.05) is 12.4 Å². The highest BCUT2D eigenvalue weighted by Crippen LogP contribution is 2.10. The van der Waals surface area contributed by atoms with Gasteiger partial charge in [0, 0.05) is 11.8 Å². The zero-order valence-electron chi connectivity index (χ0n) is 5.97. The lowest BCUT2D eigenvalue weighted by molar-refractivity contribution is -0.145. The van der Waals surface area contributed by atoms with Crippen molar-refractivity contribution in [2.45, 2.75) is 6.42 Å². The van der Waals surface area contributed by atoms with Gasteiger partial charge < -0.3 is 4.74 Å². The Hall–Kier alpha value is -0.0900. The number of hydrogen-bond donors (Lipinski definition) is 0. The lowest BCUT2D eigenvalue weighted by atomic mass is 10.1. The maximum absolute atomic E-state index is 10.8. The summed E-state index contributed by atoms with van der Waals surface area (Å²) in [6.07, 6.45) is 0.0134. The molecule has 0 aliphatic heterocycles. The summed E-state index contributed by atoms with van der Waals surface area (Å²) in [5, 5.41) is -0.141. The van der Waals surface area contributed by atoms with Crippen LogP contribution in [0.15, 0.2) is 0 Å². The standard InChI is InChI=1S/C6H8BrClO3/c1-11-6(10)4(3-7)2-5(8)9/h4H,2-3H2,1H3. The number of ether oxygens (including phenoxy) is 1. The van der Waals surface area contributed by atoms with E-state index in [0.29, 0.717) is 5.33 Å².